The Labute approximate surface area is 198 Å². The number of hydrogen-bond acceptors (Lipinski definition) is 6. The molecule has 3 amide bonds. The smallest absolute Gasteiger partial charge is 0.249 e. The van der Waals surface area contributed by atoms with Gasteiger partial charge in [0.05, 0.1) is 18.1 Å². The van der Waals surface area contributed by atoms with Gasteiger partial charge >= 0.3 is 0 Å². The number of nitrogens with one attached hydrogen (secondary N) is 3. The van der Waals surface area contributed by atoms with Gasteiger partial charge in [0.2, 0.25) is 17.7 Å². The summed E-state index contributed by atoms with van der Waals surface area (Å²) < 4.78 is 0. The normalized spacial score (nSPS) is 19.0. The second-order valence-corrected chi connectivity index (χ2v) is 9.57. The number of carbonyl (C=O) groups is 3. The second kappa shape index (κ2) is 10.2. The van der Waals surface area contributed by atoms with Gasteiger partial charge in [-0.2, -0.15) is 0 Å². The highest BCUT2D eigenvalue weighted by atomic mass is 16.5. The average Bonchev–Trinajstić information content (AvgIpc) is 3.10. The predicted molar refractivity (Wildman–Crippen MR) is 124 cm³/mol. The summed E-state index contributed by atoms with van der Waals surface area (Å²) in [7, 11) is 0. The van der Waals surface area contributed by atoms with E-state index in [1.165, 1.54) is 6.07 Å². The number of para-hydroxylation sites is 1. The van der Waals surface area contributed by atoms with Crippen LogP contribution in [-0.2, 0) is 27.2 Å². The van der Waals surface area contributed by atoms with Crippen LogP contribution in [0.15, 0.2) is 48.5 Å². The fourth-order valence-electron chi connectivity index (χ4n) is 4.06. The van der Waals surface area contributed by atoms with Gasteiger partial charge in [-0.3, -0.25) is 19.6 Å². The van der Waals surface area contributed by atoms with Gasteiger partial charge in [0.25, 0.3) is 0 Å². The molecule has 1 aliphatic rings. The number of phenols is 1. The van der Waals surface area contributed by atoms with Gasteiger partial charge in [0, 0.05) is 11.8 Å². The lowest BCUT2D eigenvalue weighted by molar-refractivity contribution is -0.141. The van der Waals surface area contributed by atoms with Crippen molar-refractivity contribution < 1.29 is 29.8 Å². The number of carbonyl (C=O) groups excluding carboxylic acids is 3. The summed E-state index contributed by atoms with van der Waals surface area (Å²) in [5.74, 6) is -3.40. The Morgan fingerprint density at radius 2 is 1.68 bits per heavy atom. The monoisotopic (exact) mass is 469 g/mol. The molecule has 0 saturated heterocycles. The molecule has 6 N–H and O–H groups in total. The van der Waals surface area contributed by atoms with Crippen LogP contribution in [0.4, 0.5) is 0 Å². The first-order valence-electron chi connectivity index (χ1n) is 11.1. The molecular formula is C25H31N3O6. The number of phenolic OH excluding ortho intramolecular Hbond substituents is 1. The van der Waals surface area contributed by atoms with E-state index < -0.39 is 47.2 Å². The first-order valence-corrected chi connectivity index (χ1v) is 11.1. The number of aliphatic hydroxyl groups excluding tert-OH is 1. The molecule has 3 rings (SSSR count). The first kappa shape index (κ1) is 25.2. The Bertz CT molecular complexity index is 1060. The third-order valence-corrected chi connectivity index (χ3v) is 6.03. The molecule has 0 radical (unpaired) electrons. The second-order valence-electron chi connectivity index (χ2n) is 9.57. The van der Waals surface area contributed by atoms with Crippen molar-refractivity contribution in [3.63, 3.8) is 0 Å². The predicted octanol–water partition coefficient (Wildman–Crippen LogP) is 1.36. The van der Waals surface area contributed by atoms with Crippen LogP contribution in [-0.4, -0.2) is 45.3 Å². The van der Waals surface area contributed by atoms with Crippen molar-refractivity contribution in [2.24, 2.45) is 11.3 Å². The molecule has 0 spiro atoms. The third-order valence-electron chi connectivity index (χ3n) is 6.03. The number of amides is 3. The van der Waals surface area contributed by atoms with Gasteiger partial charge < -0.3 is 20.8 Å². The van der Waals surface area contributed by atoms with E-state index in [4.69, 9.17) is 0 Å². The molecule has 34 heavy (non-hydrogen) atoms. The van der Waals surface area contributed by atoms with Gasteiger partial charge in [0.15, 0.2) is 0 Å². The maximum Gasteiger partial charge on any atom is 0.249 e. The van der Waals surface area contributed by atoms with Crippen molar-refractivity contribution in [3.8, 4) is 5.75 Å². The van der Waals surface area contributed by atoms with Crippen LogP contribution in [0.3, 0.4) is 0 Å². The largest absolute Gasteiger partial charge is 0.508 e. The molecule has 1 aliphatic carbocycles. The Morgan fingerprint density at radius 3 is 2.32 bits per heavy atom. The molecule has 2 aromatic rings. The standard InChI is InChI=1S/C25H31N3O6/c1-25(2,3)24(33)27-21(17(22(31)28-34)12-15-9-5-7-11-18(15)29)23(32)26-20-16-10-6-4-8-14(16)13-19(20)30/h4-11,17,19-21,29-30,34H,12-13H2,1-3H3,(H,26,32)(H,27,33)(H,28,31)/t17-,19+,20-,21+/m0/s1. The summed E-state index contributed by atoms with van der Waals surface area (Å²) in [6, 6.07) is 11.5. The molecule has 0 unspecified atom stereocenters. The zero-order valence-electron chi connectivity index (χ0n) is 19.4. The van der Waals surface area contributed by atoms with Gasteiger partial charge in [-0.1, -0.05) is 63.2 Å². The van der Waals surface area contributed by atoms with E-state index in [0.717, 1.165) is 11.1 Å². The number of benzene rings is 2. The minimum absolute atomic E-state index is 0.0836. The van der Waals surface area contributed by atoms with Crippen LogP contribution in [0.25, 0.3) is 0 Å². The zero-order chi connectivity index (χ0) is 25.0. The molecule has 9 nitrogen and oxygen atoms in total. The quantitative estimate of drug-likeness (QED) is 0.266. The molecule has 0 bridgehead atoms. The van der Waals surface area contributed by atoms with Gasteiger partial charge in [-0.25, -0.2) is 5.48 Å². The summed E-state index contributed by atoms with van der Waals surface area (Å²) in [6.07, 6.45) is -0.646. The van der Waals surface area contributed by atoms with E-state index in [9.17, 15) is 29.8 Å². The van der Waals surface area contributed by atoms with E-state index in [1.54, 1.807) is 56.6 Å². The highest BCUT2D eigenvalue weighted by Crippen LogP contribution is 2.32. The van der Waals surface area contributed by atoms with E-state index >= 15 is 0 Å². The number of aliphatic hydroxyl groups is 1. The number of fused-ring (bicyclic) bond motifs is 1. The Balaban J connectivity index is 1.95. The van der Waals surface area contributed by atoms with E-state index in [1.807, 2.05) is 12.1 Å². The summed E-state index contributed by atoms with van der Waals surface area (Å²) in [6.45, 7) is 5.00. The van der Waals surface area contributed by atoms with Crippen LogP contribution in [0.5, 0.6) is 5.75 Å². The van der Waals surface area contributed by atoms with Crippen molar-refractivity contribution in [1.82, 2.24) is 16.1 Å². The van der Waals surface area contributed by atoms with Gasteiger partial charge in [-0.05, 0) is 29.2 Å². The molecule has 9 heteroatoms. The Morgan fingerprint density at radius 1 is 1.03 bits per heavy atom. The van der Waals surface area contributed by atoms with Crippen molar-refractivity contribution in [1.29, 1.82) is 0 Å². The molecular weight excluding hydrogens is 438 g/mol. The van der Waals surface area contributed by atoms with Crippen LogP contribution < -0.4 is 16.1 Å². The molecule has 0 fully saturated rings. The van der Waals surface area contributed by atoms with Crippen LogP contribution in [0.1, 0.15) is 43.5 Å². The van der Waals surface area contributed by atoms with Gasteiger partial charge in [-0.15, -0.1) is 0 Å². The molecule has 2 aromatic carbocycles. The Hall–Kier alpha value is -3.43. The summed E-state index contributed by atoms with van der Waals surface area (Å²) in [5, 5.41) is 35.6. The lowest BCUT2D eigenvalue weighted by Crippen LogP contribution is -2.57. The fourth-order valence-corrected chi connectivity index (χ4v) is 4.06. The van der Waals surface area contributed by atoms with Crippen LogP contribution >= 0.6 is 0 Å². The third kappa shape index (κ3) is 5.55. The van der Waals surface area contributed by atoms with Crippen molar-refractivity contribution in [2.75, 3.05) is 0 Å². The van der Waals surface area contributed by atoms with E-state index in [2.05, 4.69) is 10.6 Å². The number of aromatic hydroxyl groups is 1. The van der Waals surface area contributed by atoms with E-state index in [0.29, 0.717) is 12.0 Å². The minimum Gasteiger partial charge on any atom is -0.508 e. The van der Waals surface area contributed by atoms with Crippen LogP contribution in [0.2, 0.25) is 0 Å². The molecule has 182 valence electrons. The average molecular weight is 470 g/mol. The molecule has 0 aliphatic heterocycles. The summed E-state index contributed by atoms with van der Waals surface area (Å²) in [5.41, 5.74) is 2.72. The highest BCUT2D eigenvalue weighted by Gasteiger charge is 2.40. The molecule has 0 heterocycles. The summed E-state index contributed by atoms with van der Waals surface area (Å²) >= 11 is 0. The lowest BCUT2D eigenvalue weighted by Gasteiger charge is -2.30. The SMILES string of the molecule is CC(C)(C)C(=O)N[C@@H](C(=O)N[C@H]1c2ccccc2C[C@H]1O)[C@H](Cc1ccccc1O)C(=O)NO. The summed E-state index contributed by atoms with van der Waals surface area (Å²) in [4.78, 5) is 39.0. The first-order chi connectivity index (χ1) is 16.0. The number of rotatable bonds is 7. The number of hydroxylamine groups is 1. The maximum absolute atomic E-state index is 13.5. The zero-order valence-corrected chi connectivity index (χ0v) is 19.4. The maximum atomic E-state index is 13.5. The molecule has 0 saturated carbocycles. The van der Waals surface area contributed by atoms with Crippen LogP contribution in [0, 0.1) is 11.3 Å². The minimum atomic E-state index is -1.39. The number of hydrogen-bond donors (Lipinski definition) is 6. The van der Waals surface area contributed by atoms with Crippen molar-refractivity contribution in [2.45, 2.75) is 51.8 Å². The van der Waals surface area contributed by atoms with Gasteiger partial charge in [0.1, 0.15) is 11.8 Å². The van der Waals surface area contributed by atoms with Crippen molar-refractivity contribution >= 4 is 17.7 Å². The highest BCUT2D eigenvalue weighted by molar-refractivity contribution is 5.94. The lowest BCUT2D eigenvalue weighted by atomic mass is 9.88. The Kier molecular flexibility index (Phi) is 7.58. The molecule has 0 aromatic heterocycles. The molecule has 4 atom stereocenters. The topological polar surface area (TPSA) is 148 Å². The van der Waals surface area contributed by atoms with Crippen molar-refractivity contribution in [3.05, 3.63) is 65.2 Å². The van der Waals surface area contributed by atoms with E-state index in [-0.39, 0.29) is 12.2 Å². The fraction of sp³-hybridized carbons (Fsp3) is 0.400.